The van der Waals surface area contributed by atoms with E-state index in [9.17, 15) is 0 Å². The van der Waals surface area contributed by atoms with Gasteiger partial charge in [-0.2, -0.15) is 0 Å². The maximum atomic E-state index is 8.34. The number of hydrogen-bond donors (Lipinski definition) is 6. The zero-order chi connectivity index (χ0) is 14.1. The molecule has 0 aliphatic rings. The first-order valence-corrected chi connectivity index (χ1v) is 8.33. The quantitative estimate of drug-likeness (QED) is 0.175. The molecule has 0 bridgehead atoms. The summed E-state index contributed by atoms with van der Waals surface area (Å²) >= 11 is 0. The summed E-state index contributed by atoms with van der Waals surface area (Å²) in [7, 11) is -3.58. The molecule has 7 N–H and O–H groups in total. The van der Waals surface area contributed by atoms with Crippen LogP contribution in [-0.4, -0.2) is 66.4 Å². The molecule has 0 radical (unpaired) electrons. The van der Waals surface area contributed by atoms with Gasteiger partial charge in [0.25, 0.3) is 0 Å². The molecule has 0 aromatic heterocycles. The first kappa shape index (κ1) is 19.3. The Bertz CT molecular complexity index is 177. The van der Waals surface area contributed by atoms with Crippen molar-refractivity contribution in [2.75, 3.05) is 19.8 Å². The summed E-state index contributed by atoms with van der Waals surface area (Å²) in [6.07, 6.45) is 0. The van der Waals surface area contributed by atoms with Crippen LogP contribution in [0.1, 0.15) is 0 Å². The second kappa shape index (κ2) is 8.97. The van der Waals surface area contributed by atoms with Crippen molar-refractivity contribution in [1.29, 1.82) is 0 Å². The monoisotopic (exact) mass is 271 g/mol. The largest absolute Gasteiger partial charge is 0.661 e. The molecular formula is C7H22BNO7Si. The van der Waals surface area contributed by atoms with E-state index in [0.29, 0.717) is 0 Å². The fourth-order valence-corrected chi connectivity index (χ4v) is 0.712. The van der Waals surface area contributed by atoms with Crippen LogP contribution in [0.2, 0.25) is 19.6 Å². The maximum absolute atomic E-state index is 8.34. The summed E-state index contributed by atoms with van der Waals surface area (Å²) in [4.78, 5) is 4.08. The maximum Gasteiger partial charge on any atom is 0.661 e. The van der Waals surface area contributed by atoms with Crippen molar-refractivity contribution in [2.45, 2.75) is 25.2 Å². The van der Waals surface area contributed by atoms with Crippen LogP contribution in [0, 0.1) is 0 Å². The van der Waals surface area contributed by atoms with Crippen molar-refractivity contribution in [3.8, 4) is 0 Å². The van der Waals surface area contributed by atoms with Gasteiger partial charge in [0.15, 0.2) is 0 Å². The molecule has 0 aliphatic heterocycles. The predicted molar refractivity (Wildman–Crippen MR) is 63.9 cm³/mol. The molecule has 0 rings (SSSR count). The van der Waals surface area contributed by atoms with Crippen LogP contribution < -0.4 is 5.73 Å². The van der Waals surface area contributed by atoms with Crippen LogP contribution in [0.5, 0.6) is 0 Å². The van der Waals surface area contributed by atoms with Crippen molar-refractivity contribution in [3.05, 3.63) is 0 Å². The Morgan fingerprint density at radius 1 is 1.06 bits per heavy atom. The first-order chi connectivity index (χ1) is 7.60. The lowest BCUT2D eigenvalue weighted by Crippen LogP contribution is -2.50. The summed E-state index contributed by atoms with van der Waals surface area (Å²) in [5.74, 6) is 0. The molecular weight excluding hydrogens is 249 g/mol. The summed E-state index contributed by atoms with van der Waals surface area (Å²) < 4.78 is 4.63. The van der Waals surface area contributed by atoms with E-state index in [0.717, 1.165) is 0 Å². The van der Waals surface area contributed by atoms with Crippen LogP contribution in [0.25, 0.3) is 0 Å². The minimum atomic E-state index is -1.82. The molecule has 0 aliphatic carbocycles. The standard InChI is InChI=1S/C4H11NO3.C3H11BO4Si/c5-4(1-6,2-7)3-8;1-9(2,3)8-7-4(5)6/h6-8H,1-3,5H2;5-6H,1-3H3. The Morgan fingerprint density at radius 3 is 1.47 bits per heavy atom. The van der Waals surface area contributed by atoms with Gasteiger partial charge >= 0.3 is 7.32 Å². The number of nitrogens with two attached hydrogens (primary N) is 1. The average Bonchev–Trinajstić information content (AvgIpc) is 2.25. The van der Waals surface area contributed by atoms with Crippen molar-refractivity contribution in [1.82, 2.24) is 0 Å². The molecule has 0 saturated carbocycles. The van der Waals surface area contributed by atoms with E-state index in [1.54, 1.807) is 0 Å². The van der Waals surface area contributed by atoms with Gasteiger partial charge in [-0.25, -0.2) is 4.81 Å². The topological polar surface area (TPSA) is 146 Å². The van der Waals surface area contributed by atoms with E-state index >= 15 is 0 Å². The molecule has 0 fully saturated rings. The lowest BCUT2D eigenvalue weighted by molar-refractivity contribution is -0.148. The third-order valence-electron chi connectivity index (χ3n) is 1.33. The average molecular weight is 271 g/mol. The lowest BCUT2D eigenvalue weighted by Gasteiger charge is -2.20. The van der Waals surface area contributed by atoms with Gasteiger partial charge < -0.3 is 31.1 Å². The molecule has 0 amide bonds. The van der Waals surface area contributed by atoms with Crippen molar-refractivity contribution in [2.24, 2.45) is 5.73 Å². The second-order valence-electron chi connectivity index (χ2n) is 4.45. The zero-order valence-electron chi connectivity index (χ0n) is 10.3. The molecule has 0 aromatic rings. The van der Waals surface area contributed by atoms with E-state index in [-0.39, 0.29) is 0 Å². The summed E-state index contributed by atoms with van der Waals surface area (Å²) in [5, 5.41) is 41.3. The van der Waals surface area contributed by atoms with Crippen molar-refractivity contribution >= 4 is 15.6 Å². The fourth-order valence-electron chi connectivity index (χ4n) is 0.337. The molecule has 0 unspecified atom stereocenters. The molecule has 0 saturated heterocycles. The molecule has 10 heteroatoms. The molecule has 0 atom stereocenters. The minimum Gasteiger partial charge on any atom is -0.400 e. The van der Waals surface area contributed by atoms with Gasteiger partial charge in [0.05, 0.1) is 25.4 Å². The summed E-state index contributed by atoms with van der Waals surface area (Å²) in [6, 6.07) is 0. The Hall–Kier alpha value is -0.0382. The van der Waals surface area contributed by atoms with Gasteiger partial charge in [-0.3, -0.25) is 4.58 Å². The fraction of sp³-hybridized carbons (Fsp3) is 1.00. The van der Waals surface area contributed by atoms with Crippen LogP contribution in [-0.2, 0) is 9.38 Å². The Balaban J connectivity index is 0. The van der Waals surface area contributed by atoms with Crippen molar-refractivity contribution in [3.63, 3.8) is 0 Å². The molecule has 8 nitrogen and oxygen atoms in total. The van der Waals surface area contributed by atoms with Gasteiger partial charge in [-0.1, -0.05) is 0 Å². The Labute approximate surface area is 102 Å². The van der Waals surface area contributed by atoms with E-state index in [1.807, 2.05) is 19.6 Å². The van der Waals surface area contributed by atoms with Gasteiger partial charge in [0.1, 0.15) is 0 Å². The van der Waals surface area contributed by atoms with Gasteiger partial charge in [-0.05, 0) is 19.6 Å². The van der Waals surface area contributed by atoms with Crippen LogP contribution >= 0.6 is 0 Å². The molecule has 17 heavy (non-hydrogen) atoms. The van der Waals surface area contributed by atoms with E-state index in [4.69, 9.17) is 31.1 Å². The molecule has 0 heterocycles. The van der Waals surface area contributed by atoms with Gasteiger partial charge in [-0.15, -0.1) is 0 Å². The third kappa shape index (κ3) is 13.9. The highest BCUT2D eigenvalue weighted by molar-refractivity contribution is 6.69. The van der Waals surface area contributed by atoms with E-state index in [1.165, 1.54) is 0 Å². The first-order valence-electron chi connectivity index (χ1n) is 4.92. The van der Waals surface area contributed by atoms with Gasteiger partial charge in [0.2, 0.25) is 8.32 Å². The normalized spacial score (nSPS) is 11.8. The predicted octanol–water partition coefficient (Wildman–Crippen LogP) is -2.60. The number of aliphatic hydroxyl groups is 3. The van der Waals surface area contributed by atoms with Crippen LogP contribution in [0.4, 0.5) is 0 Å². The molecule has 104 valence electrons. The molecule has 0 aromatic carbocycles. The SMILES string of the molecule is C[Si](C)(C)OOB(O)O.NC(CO)(CO)CO. The number of aliphatic hydroxyl groups excluding tert-OH is 3. The van der Waals surface area contributed by atoms with Crippen LogP contribution in [0.3, 0.4) is 0 Å². The zero-order valence-corrected chi connectivity index (χ0v) is 11.3. The Morgan fingerprint density at radius 2 is 1.41 bits per heavy atom. The number of hydrogen-bond acceptors (Lipinski definition) is 8. The van der Waals surface area contributed by atoms with Crippen molar-refractivity contribution < 1.29 is 34.7 Å². The number of rotatable bonds is 6. The van der Waals surface area contributed by atoms with E-state index in [2.05, 4.69) is 9.38 Å². The minimum absolute atomic E-state index is 0.403. The third-order valence-corrected chi connectivity index (χ3v) is 1.93. The van der Waals surface area contributed by atoms with E-state index < -0.39 is 41.0 Å². The summed E-state index contributed by atoms with van der Waals surface area (Å²) in [6.45, 7) is 4.40. The highest BCUT2D eigenvalue weighted by atomic mass is 28.4. The van der Waals surface area contributed by atoms with Crippen LogP contribution in [0.15, 0.2) is 0 Å². The molecule has 0 spiro atoms. The lowest BCUT2D eigenvalue weighted by atomic mass is 10.1. The highest BCUT2D eigenvalue weighted by Crippen LogP contribution is 2.02. The van der Waals surface area contributed by atoms with Gasteiger partial charge in [0, 0.05) is 0 Å². The Kier molecular flexibility index (Phi) is 10.2. The smallest absolute Gasteiger partial charge is 0.400 e. The summed E-state index contributed by atoms with van der Waals surface area (Å²) in [5.41, 5.74) is 3.94. The second-order valence-corrected chi connectivity index (χ2v) is 8.85. The highest BCUT2D eigenvalue weighted by Gasteiger charge is 2.21.